The van der Waals surface area contributed by atoms with E-state index in [4.69, 9.17) is 11.6 Å². The van der Waals surface area contributed by atoms with Gasteiger partial charge in [-0.25, -0.2) is 8.78 Å². The summed E-state index contributed by atoms with van der Waals surface area (Å²) in [6.45, 7) is 0. The van der Waals surface area contributed by atoms with Crippen LogP contribution in [0.5, 0.6) is 0 Å². The minimum absolute atomic E-state index is 0.238. The van der Waals surface area contributed by atoms with Gasteiger partial charge in [0.1, 0.15) is 11.6 Å². The van der Waals surface area contributed by atoms with Gasteiger partial charge < -0.3 is 0 Å². The molecule has 0 radical (unpaired) electrons. The molecule has 0 saturated heterocycles. The highest BCUT2D eigenvalue weighted by molar-refractivity contribution is 9.09. The number of benzene rings is 2. The lowest BCUT2D eigenvalue weighted by Crippen LogP contribution is -1.99. The second-order valence-corrected chi connectivity index (χ2v) is 5.51. The van der Waals surface area contributed by atoms with Gasteiger partial charge in [-0.2, -0.15) is 0 Å². The number of alkyl halides is 1. The molecule has 1 atom stereocenters. The van der Waals surface area contributed by atoms with E-state index in [0.717, 1.165) is 5.56 Å². The van der Waals surface area contributed by atoms with E-state index in [0.29, 0.717) is 17.0 Å². The summed E-state index contributed by atoms with van der Waals surface area (Å²) in [4.78, 5) is -0.238. The second kappa shape index (κ2) is 5.81. The van der Waals surface area contributed by atoms with Gasteiger partial charge in [-0.3, -0.25) is 0 Å². The number of hydrogen-bond donors (Lipinski definition) is 0. The zero-order valence-corrected chi connectivity index (χ0v) is 11.7. The molecule has 0 saturated carbocycles. The minimum atomic E-state index is -0.322. The topological polar surface area (TPSA) is 0 Å². The lowest BCUT2D eigenvalue weighted by atomic mass is 10.0. The molecule has 0 spiro atoms. The highest BCUT2D eigenvalue weighted by Crippen LogP contribution is 2.31. The first-order valence-corrected chi connectivity index (χ1v) is 6.69. The van der Waals surface area contributed by atoms with Crippen molar-refractivity contribution in [2.75, 3.05) is 0 Å². The molecule has 0 aromatic heterocycles. The van der Waals surface area contributed by atoms with E-state index in [9.17, 15) is 8.78 Å². The van der Waals surface area contributed by atoms with Crippen molar-refractivity contribution in [3.8, 4) is 0 Å². The predicted molar refractivity (Wildman–Crippen MR) is 73.2 cm³/mol. The van der Waals surface area contributed by atoms with Crippen LogP contribution in [0.25, 0.3) is 0 Å². The summed E-state index contributed by atoms with van der Waals surface area (Å²) >= 11 is 9.25. The Labute approximate surface area is 118 Å². The lowest BCUT2D eigenvalue weighted by Gasteiger charge is -2.12. The van der Waals surface area contributed by atoms with E-state index in [1.54, 1.807) is 18.2 Å². The molecule has 2 aromatic rings. The Morgan fingerprint density at radius 3 is 2.61 bits per heavy atom. The Kier molecular flexibility index (Phi) is 4.36. The molecule has 0 aliphatic rings. The van der Waals surface area contributed by atoms with Crippen LogP contribution in [0, 0.1) is 11.6 Å². The molecular weight excluding hydrogens is 322 g/mol. The van der Waals surface area contributed by atoms with Crippen LogP contribution in [0.3, 0.4) is 0 Å². The van der Waals surface area contributed by atoms with Crippen molar-refractivity contribution in [1.82, 2.24) is 0 Å². The standard InChI is InChI=1S/C14H10BrClF2/c15-13(7-9-2-1-3-11(17)6-9)12-8-10(16)4-5-14(12)18/h1-6,8,13H,7H2. The fraction of sp³-hybridized carbons (Fsp3) is 0.143. The maximum Gasteiger partial charge on any atom is 0.127 e. The van der Waals surface area contributed by atoms with E-state index in [-0.39, 0.29) is 16.5 Å². The van der Waals surface area contributed by atoms with Crippen molar-refractivity contribution in [2.24, 2.45) is 0 Å². The molecule has 0 bridgehead atoms. The van der Waals surface area contributed by atoms with Crippen LogP contribution in [0.4, 0.5) is 8.78 Å². The fourth-order valence-electron chi connectivity index (χ4n) is 1.74. The van der Waals surface area contributed by atoms with Crippen LogP contribution in [0.2, 0.25) is 5.02 Å². The quantitative estimate of drug-likeness (QED) is 0.670. The summed E-state index contributed by atoms with van der Waals surface area (Å²) in [5.74, 6) is -0.614. The summed E-state index contributed by atoms with van der Waals surface area (Å²) in [7, 11) is 0. The number of rotatable bonds is 3. The van der Waals surface area contributed by atoms with E-state index in [2.05, 4.69) is 15.9 Å². The molecule has 0 aliphatic carbocycles. The normalized spacial score (nSPS) is 12.4. The van der Waals surface area contributed by atoms with Gasteiger partial charge in [-0.05, 0) is 42.3 Å². The van der Waals surface area contributed by atoms with Crippen LogP contribution in [0.15, 0.2) is 42.5 Å². The van der Waals surface area contributed by atoms with Crippen molar-refractivity contribution in [2.45, 2.75) is 11.2 Å². The van der Waals surface area contributed by atoms with Crippen LogP contribution >= 0.6 is 27.5 Å². The van der Waals surface area contributed by atoms with Crippen LogP contribution in [-0.4, -0.2) is 0 Å². The molecule has 0 heterocycles. The molecule has 2 rings (SSSR count). The zero-order chi connectivity index (χ0) is 13.1. The maximum absolute atomic E-state index is 13.6. The van der Waals surface area contributed by atoms with Gasteiger partial charge >= 0.3 is 0 Å². The Morgan fingerprint density at radius 2 is 1.89 bits per heavy atom. The summed E-state index contributed by atoms with van der Waals surface area (Å²) in [5.41, 5.74) is 1.28. The smallest absolute Gasteiger partial charge is 0.127 e. The molecular formula is C14H10BrClF2. The average Bonchev–Trinajstić information content (AvgIpc) is 2.32. The third kappa shape index (κ3) is 3.30. The van der Waals surface area contributed by atoms with E-state index < -0.39 is 0 Å². The molecule has 18 heavy (non-hydrogen) atoms. The summed E-state index contributed by atoms with van der Waals surface area (Å²) in [5, 5.41) is 0.482. The highest BCUT2D eigenvalue weighted by atomic mass is 79.9. The Balaban J connectivity index is 2.21. The molecule has 0 N–H and O–H groups in total. The molecule has 1 unspecified atom stereocenters. The average molecular weight is 332 g/mol. The summed E-state index contributed by atoms with van der Waals surface area (Å²) < 4.78 is 26.7. The van der Waals surface area contributed by atoms with Crippen molar-refractivity contribution in [3.05, 3.63) is 70.2 Å². The number of hydrogen-bond acceptors (Lipinski definition) is 0. The van der Waals surface area contributed by atoms with E-state index in [1.807, 2.05) is 0 Å². The van der Waals surface area contributed by atoms with Gasteiger partial charge in [0.2, 0.25) is 0 Å². The first-order chi connectivity index (χ1) is 8.56. The van der Waals surface area contributed by atoms with Gasteiger partial charge in [0, 0.05) is 15.4 Å². The van der Waals surface area contributed by atoms with Gasteiger partial charge in [0.05, 0.1) is 0 Å². The van der Waals surface area contributed by atoms with Crippen LogP contribution < -0.4 is 0 Å². The highest BCUT2D eigenvalue weighted by Gasteiger charge is 2.14. The molecule has 0 amide bonds. The van der Waals surface area contributed by atoms with Crippen molar-refractivity contribution in [3.63, 3.8) is 0 Å². The van der Waals surface area contributed by atoms with Crippen LogP contribution in [-0.2, 0) is 6.42 Å². The first-order valence-electron chi connectivity index (χ1n) is 5.40. The molecule has 2 aromatic carbocycles. The maximum atomic E-state index is 13.6. The van der Waals surface area contributed by atoms with Crippen molar-refractivity contribution >= 4 is 27.5 Å². The second-order valence-electron chi connectivity index (χ2n) is 3.97. The van der Waals surface area contributed by atoms with Crippen molar-refractivity contribution in [1.29, 1.82) is 0 Å². The third-order valence-corrected chi connectivity index (χ3v) is 3.65. The molecule has 4 heteroatoms. The van der Waals surface area contributed by atoms with Crippen LogP contribution in [0.1, 0.15) is 16.0 Å². The van der Waals surface area contributed by atoms with Gasteiger partial charge in [-0.15, -0.1) is 0 Å². The van der Waals surface area contributed by atoms with Crippen molar-refractivity contribution < 1.29 is 8.78 Å². The van der Waals surface area contributed by atoms with Gasteiger partial charge in [0.15, 0.2) is 0 Å². The third-order valence-electron chi connectivity index (χ3n) is 2.60. The largest absolute Gasteiger partial charge is 0.207 e. The minimum Gasteiger partial charge on any atom is -0.207 e. The predicted octanol–water partition coefficient (Wildman–Crippen LogP) is 5.30. The van der Waals surface area contributed by atoms with E-state index >= 15 is 0 Å². The fourth-order valence-corrected chi connectivity index (χ4v) is 2.64. The molecule has 0 aliphatic heterocycles. The van der Waals surface area contributed by atoms with Gasteiger partial charge in [0.25, 0.3) is 0 Å². The molecule has 0 nitrogen and oxygen atoms in total. The zero-order valence-electron chi connectivity index (χ0n) is 9.34. The SMILES string of the molecule is Fc1cccc(CC(Br)c2cc(Cl)ccc2F)c1. The van der Waals surface area contributed by atoms with Gasteiger partial charge in [-0.1, -0.05) is 39.7 Å². The number of halogens is 4. The molecule has 94 valence electrons. The molecule has 0 fully saturated rings. The first kappa shape index (κ1) is 13.5. The Bertz CT molecular complexity index is 557. The summed E-state index contributed by atoms with van der Waals surface area (Å²) in [6.07, 6.45) is 0.495. The summed E-state index contributed by atoms with van der Waals surface area (Å²) in [6, 6.07) is 10.7. The van der Waals surface area contributed by atoms with E-state index in [1.165, 1.54) is 24.3 Å². The Morgan fingerprint density at radius 1 is 1.11 bits per heavy atom. The lowest BCUT2D eigenvalue weighted by molar-refractivity contribution is 0.606. The monoisotopic (exact) mass is 330 g/mol. The Hall–Kier alpha value is -0.930.